The van der Waals surface area contributed by atoms with E-state index in [1.165, 1.54) is 0 Å². The molecule has 0 unspecified atom stereocenters. The maximum atomic E-state index is 11.5. The smallest absolute Gasteiger partial charge is 0.447 e. The third-order valence-electron chi connectivity index (χ3n) is 1.15. The first kappa shape index (κ1) is 15.9. The van der Waals surface area contributed by atoms with Crippen LogP contribution in [0.2, 0.25) is 0 Å². The van der Waals surface area contributed by atoms with Gasteiger partial charge in [0, 0.05) is 13.1 Å². The third kappa shape index (κ3) is 14.0. The molecule has 0 aromatic heterocycles. The standard InChI is InChI=1S/C6H13BF3O.K/c1-6(2)3-4-11-5-7(8,9)10;/h6H,3-5H2,1-2H3;/q-1;+1. The fourth-order valence-electron chi connectivity index (χ4n) is 0.536. The molecule has 0 saturated heterocycles. The van der Waals surface area contributed by atoms with Gasteiger partial charge in [-0.25, -0.2) is 0 Å². The molecule has 0 N–H and O–H groups in total. The third-order valence-corrected chi connectivity index (χ3v) is 1.15. The van der Waals surface area contributed by atoms with E-state index in [9.17, 15) is 12.9 Å². The summed E-state index contributed by atoms with van der Waals surface area (Å²) < 4.78 is 39.0. The second kappa shape index (κ2) is 7.82. The van der Waals surface area contributed by atoms with Crippen molar-refractivity contribution in [3.63, 3.8) is 0 Å². The number of rotatable bonds is 5. The van der Waals surface area contributed by atoms with Crippen molar-refractivity contribution in [2.24, 2.45) is 5.92 Å². The molecule has 6 heteroatoms. The molecule has 0 aliphatic rings. The summed E-state index contributed by atoms with van der Waals surface area (Å²) >= 11 is 0. The van der Waals surface area contributed by atoms with Gasteiger partial charge in [-0.15, -0.1) is 0 Å². The van der Waals surface area contributed by atoms with Crippen molar-refractivity contribution in [1.82, 2.24) is 0 Å². The molecule has 0 atom stereocenters. The van der Waals surface area contributed by atoms with Gasteiger partial charge in [-0.05, 0) is 12.3 Å². The van der Waals surface area contributed by atoms with Crippen LogP contribution in [-0.4, -0.2) is 20.1 Å². The Kier molecular flexibility index (Phi) is 10.4. The first-order chi connectivity index (χ1) is 4.92. The molecule has 0 saturated carbocycles. The molecule has 0 rings (SSSR count). The quantitative estimate of drug-likeness (QED) is 0.434. The van der Waals surface area contributed by atoms with Crippen LogP contribution in [0.25, 0.3) is 0 Å². The molecule has 12 heavy (non-hydrogen) atoms. The van der Waals surface area contributed by atoms with Crippen LogP contribution in [-0.2, 0) is 4.74 Å². The summed E-state index contributed by atoms with van der Waals surface area (Å²) in [4.78, 5) is 0. The number of halogens is 3. The Morgan fingerprint density at radius 3 is 2.08 bits per heavy atom. The van der Waals surface area contributed by atoms with E-state index in [2.05, 4.69) is 4.74 Å². The van der Waals surface area contributed by atoms with E-state index in [4.69, 9.17) is 0 Å². The van der Waals surface area contributed by atoms with Crippen LogP contribution in [0.4, 0.5) is 12.9 Å². The van der Waals surface area contributed by atoms with Crippen LogP contribution >= 0.6 is 0 Å². The molecular formula is C6H13BF3KO. The van der Waals surface area contributed by atoms with Crippen molar-refractivity contribution in [1.29, 1.82) is 0 Å². The maximum absolute atomic E-state index is 11.5. The van der Waals surface area contributed by atoms with Gasteiger partial charge < -0.3 is 17.7 Å². The summed E-state index contributed by atoms with van der Waals surface area (Å²) in [6.45, 7) is -1.72. The average molecular weight is 208 g/mol. The van der Waals surface area contributed by atoms with Crippen LogP contribution in [0.15, 0.2) is 0 Å². The van der Waals surface area contributed by atoms with Gasteiger partial charge in [0.05, 0.1) is 0 Å². The van der Waals surface area contributed by atoms with E-state index in [1.54, 1.807) is 0 Å². The number of ether oxygens (including phenoxy) is 1. The average Bonchev–Trinajstić information content (AvgIpc) is 1.78. The molecule has 0 amide bonds. The monoisotopic (exact) mass is 208 g/mol. The van der Waals surface area contributed by atoms with Crippen molar-refractivity contribution in [2.45, 2.75) is 20.3 Å². The van der Waals surface area contributed by atoms with Gasteiger partial charge in [0.1, 0.15) is 0 Å². The minimum Gasteiger partial charge on any atom is -0.447 e. The topological polar surface area (TPSA) is 9.23 Å². The predicted octanol–water partition coefficient (Wildman–Crippen LogP) is -0.560. The Balaban J connectivity index is 0. The maximum Gasteiger partial charge on any atom is 1.00 e. The predicted molar refractivity (Wildman–Crippen MR) is 39.4 cm³/mol. The second-order valence-corrected chi connectivity index (χ2v) is 2.97. The second-order valence-electron chi connectivity index (χ2n) is 2.97. The van der Waals surface area contributed by atoms with Crippen LogP contribution in [0, 0.1) is 5.92 Å². The van der Waals surface area contributed by atoms with Gasteiger partial charge in [-0.2, -0.15) is 0 Å². The Bertz CT molecular complexity index is 107. The zero-order chi connectivity index (χ0) is 8.91. The summed E-state index contributed by atoms with van der Waals surface area (Å²) in [5, 5.41) is 0. The summed E-state index contributed by atoms with van der Waals surface area (Å²) in [5.74, 6) is 0.399. The summed E-state index contributed by atoms with van der Waals surface area (Å²) in [7, 11) is 0. The van der Waals surface area contributed by atoms with Gasteiger partial charge >= 0.3 is 58.4 Å². The summed E-state index contributed by atoms with van der Waals surface area (Å²) in [6.07, 6.45) is 0.687. The summed E-state index contributed by atoms with van der Waals surface area (Å²) in [6, 6.07) is 0. The van der Waals surface area contributed by atoms with E-state index in [1.807, 2.05) is 13.8 Å². The number of hydrogen-bond acceptors (Lipinski definition) is 1. The SMILES string of the molecule is CC(C)CCOC[B-](F)(F)F.[K+]. The molecule has 0 bridgehead atoms. The normalized spacial score (nSPS) is 11.5. The van der Waals surface area contributed by atoms with E-state index in [0.717, 1.165) is 0 Å². The van der Waals surface area contributed by atoms with Crippen LogP contribution in [0.3, 0.4) is 0 Å². The molecule has 0 aliphatic heterocycles. The van der Waals surface area contributed by atoms with E-state index in [0.29, 0.717) is 12.3 Å². The Hall–Kier alpha value is 1.45. The largest absolute Gasteiger partial charge is 1.00 e. The Labute approximate surface area is 114 Å². The van der Waals surface area contributed by atoms with Gasteiger partial charge in [0.2, 0.25) is 0 Å². The fraction of sp³-hybridized carbons (Fsp3) is 1.00. The molecule has 0 heterocycles. The number of hydrogen-bond donors (Lipinski definition) is 0. The zero-order valence-corrected chi connectivity index (χ0v) is 10.9. The molecule has 0 aromatic carbocycles. The summed E-state index contributed by atoms with van der Waals surface area (Å²) in [5.41, 5.74) is 0. The molecule has 68 valence electrons. The van der Waals surface area contributed by atoms with Crippen molar-refractivity contribution >= 4 is 6.98 Å². The van der Waals surface area contributed by atoms with Crippen molar-refractivity contribution in [3.05, 3.63) is 0 Å². The molecule has 0 fully saturated rings. The van der Waals surface area contributed by atoms with Crippen molar-refractivity contribution in [2.75, 3.05) is 13.1 Å². The minimum atomic E-state index is -4.75. The molecule has 0 aromatic rings. The van der Waals surface area contributed by atoms with Crippen LogP contribution in [0.1, 0.15) is 20.3 Å². The Morgan fingerprint density at radius 1 is 1.25 bits per heavy atom. The first-order valence-corrected chi connectivity index (χ1v) is 3.70. The molecular weight excluding hydrogens is 195 g/mol. The molecule has 1 nitrogen and oxygen atoms in total. The van der Waals surface area contributed by atoms with E-state index >= 15 is 0 Å². The van der Waals surface area contributed by atoms with Gasteiger partial charge in [-0.1, -0.05) is 13.8 Å². The van der Waals surface area contributed by atoms with Gasteiger partial charge in [-0.3, -0.25) is 0 Å². The van der Waals surface area contributed by atoms with E-state index < -0.39 is 13.5 Å². The first-order valence-electron chi connectivity index (χ1n) is 3.70. The Morgan fingerprint density at radius 2 is 1.75 bits per heavy atom. The fourth-order valence-corrected chi connectivity index (χ4v) is 0.536. The zero-order valence-electron chi connectivity index (χ0n) is 7.82. The molecule has 0 spiro atoms. The van der Waals surface area contributed by atoms with E-state index in [-0.39, 0.29) is 58.0 Å². The van der Waals surface area contributed by atoms with Crippen molar-refractivity contribution < 1.29 is 69.1 Å². The van der Waals surface area contributed by atoms with Crippen LogP contribution < -0.4 is 51.4 Å². The minimum absolute atomic E-state index is 0. The molecule has 0 aliphatic carbocycles. The van der Waals surface area contributed by atoms with Crippen molar-refractivity contribution in [3.8, 4) is 0 Å². The van der Waals surface area contributed by atoms with Gasteiger partial charge in [0.15, 0.2) is 0 Å². The van der Waals surface area contributed by atoms with Gasteiger partial charge in [0.25, 0.3) is 0 Å². The molecule has 0 radical (unpaired) electrons. The van der Waals surface area contributed by atoms with Crippen LogP contribution in [0.5, 0.6) is 0 Å².